The topological polar surface area (TPSA) is 24.5 Å². The number of hydrogen-bond donors (Lipinski definition) is 1. The zero-order valence-electron chi connectivity index (χ0n) is 13.8. The molecule has 124 valence electrons. The molecular formula is C19H25ClN2O. The minimum Gasteiger partial charge on any atom is -0.496 e. The van der Waals surface area contributed by atoms with Crippen LogP contribution in [0.3, 0.4) is 0 Å². The third-order valence-electron chi connectivity index (χ3n) is 4.23. The van der Waals surface area contributed by atoms with E-state index in [0.717, 1.165) is 37.5 Å². The van der Waals surface area contributed by atoms with Crippen molar-refractivity contribution in [3.05, 3.63) is 54.1 Å². The van der Waals surface area contributed by atoms with E-state index in [9.17, 15) is 0 Å². The van der Waals surface area contributed by atoms with Crippen molar-refractivity contribution in [1.29, 1.82) is 0 Å². The lowest BCUT2D eigenvalue weighted by Gasteiger charge is -2.31. The van der Waals surface area contributed by atoms with Gasteiger partial charge in [0.1, 0.15) is 5.75 Å². The fraction of sp³-hybridized carbons (Fsp3) is 0.368. The summed E-state index contributed by atoms with van der Waals surface area (Å²) in [4.78, 5) is 2.51. The fourth-order valence-electron chi connectivity index (χ4n) is 3.09. The van der Waals surface area contributed by atoms with Gasteiger partial charge in [-0.3, -0.25) is 4.90 Å². The van der Waals surface area contributed by atoms with Gasteiger partial charge in [0.15, 0.2) is 0 Å². The molecule has 1 saturated heterocycles. The first-order valence-electron chi connectivity index (χ1n) is 7.94. The lowest BCUT2D eigenvalue weighted by atomic mass is 10.0. The summed E-state index contributed by atoms with van der Waals surface area (Å²) < 4.78 is 5.45. The normalized spacial score (nSPS) is 18.3. The van der Waals surface area contributed by atoms with Crippen LogP contribution in [0.15, 0.2) is 48.5 Å². The van der Waals surface area contributed by atoms with Gasteiger partial charge in [0.25, 0.3) is 0 Å². The summed E-state index contributed by atoms with van der Waals surface area (Å²) in [7, 11) is 1.72. The number of rotatable bonds is 4. The van der Waals surface area contributed by atoms with E-state index in [1.165, 1.54) is 11.1 Å². The first-order valence-corrected chi connectivity index (χ1v) is 7.94. The van der Waals surface area contributed by atoms with Gasteiger partial charge in [0, 0.05) is 37.8 Å². The maximum atomic E-state index is 5.45. The highest BCUT2D eigenvalue weighted by atomic mass is 35.5. The SMILES string of the molecule is COc1ccccc1-c1ccc(CN2CCN[C@H](C)C2)cc1.Cl. The second-order valence-electron chi connectivity index (χ2n) is 5.99. The lowest BCUT2D eigenvalue weighted by Crippen LogP contribution is -2.48. The molecule has 1 N–H and O–H groups in total. The van der Waals surface area contributed by atoms with Gasteiger partial charge in [-0.25, -0.2) is 0 Å². The standard InChI is InChI=1S/C19H24N2O.ClH/c1-15-13-21(12-11-20-15)14-16-7-9-17(10-8-16)18-5-3-4-6-19(18)22-2;/h3-10,15,20H,11-14H2,1-2H3;1H/t15-;/m1./s1. The molecular weight excluding hydrogens is 308 g/mol. The Morgan fingerprint density at radius 2 is 1.87 bits per heavy atom. The summed E-state index contributed by atoms with van der Waals surface area (Å²) in [6.07, 6.45) is 0. The van der Waals surface area contributed by atoms with Crippen molar-refractivity contribution in [3.8, 4) is 16.9 Å². The van der Waals surface area contributed by atoms with Crippen LogP contribution in [0.25, 0.3) is 11.1 Å². The minimum absolute atomic E-state index is 0. The van der Waals surface area contributed by atoms with Crippen LogP contribution in [0.2, 0.25) is 0 Å². The molecule has 0 aromatic heterocycles. The van der Waals surface area contributed by atoms with Crippen LogP contribution in [0.5, 0.6) is 5.75 Å². The number of halogens is 1. The summed E-state index contributed by atoms with van der Waals surface area (Å²) in [5.74, 6) is 0.922. The smallest absolute Gasteiger partial charge is 0.126 e. The maximum absolute atomic E-state index is 5.45. The highest BCUT2D eigenvalue weighted by Crippen LogP contribution is 2.29. The minimum atomic E-state index is 0. The lowest BCUT2D eigenvalue weighted by molar-refractivity contribution is 0.199. The summed E-state index contributed by atoms with van der Waals surface area (Å²) in [5.41, 5.74) is 3.72. The second kappa shape index (κ2) is 8.34. The van der Waals surface area contributed by atoms with E-state index in [2.05, 4.69) is 47.5 Å². The maximum Gasteiger partial charge on any atom is 0.126 e. The van der Waals surface area contributed by atoms with Gasteiger partial charge in [-0.2, -0.15) is 0 Å². The fourth-order valence-corrected chi connectivity index (χ4v) is 3.09. The van der Waals surface area contributed by atoms with E-state index in [-0.39, 0.29) is 12.4 Å². The Kier molecular flexibility index (Phi) is 6.46. The van der Waals surface area contributed by atoms with E-state index < -0.39 is 0 Å². The molecule has 23 heavy (non-hydrogen) atoms. The first kappa shape index (κ1) is 17.8. The van der Waals surface area contributed by atoms with Crippen molar-refractivity contribution in [1.82, 2.24) is 10.2 Å². The van der Waals surface area contributed by atoms with Crippen molar-refractivity contribution >= 4 is 12.4 Å². The van der Waals surface area contributed by atoms with Crippen LogP contribution in [0.1, 0.15) is 12.5 Å². The van der Waals surface area contributed by atoms with Crippen LogP contribution in [0, 0.1) is 0 Å². The second-order valence-corrected chi connectivity index (χ2v) is 5.99. The Morgan fingerprint density at radius 1 is 1.13 bits per heavy atom. The molecule has 0 bridgehead atoms. The highest BCUT2D eigenvalue weighted by Gasteiger charge is 2.15. The number of ether oxygens (including phenoxy) is 1. The van der Waals surface area contributed by atoms with Gasteiger partial charge in [0.2, 0.25) is 0 Å². The Labute approximate surface area is 145 Å². The largest absolute Gasteiger partial charge is 0.496 e. The molecule has 2 aromatic rings. The average Bonchev–Trinajstić information content (AvgIpc) is 2.56. The highest BCUT2D eigenvalue weighted by molar-refractivity contribution is 5.85. The molecule has 1 fully saturated rings. The molecule has 4 heteroatoms. The summed E-state index contributed by atoms with van der Waals surface area (Å²) in [5, 5.41) is 3.49. The monoisotopic (exact) mass is 332 g/mol. The molecule has 2 aromatic carbocycles. The van der Waals surface area contributed by atoms with Gasteiger partial charge in [0.05, 0.1) is 7.11 Å². The molecule has 0 saturated carbocycles. The van der Waals surface area contributed by atoms with E-state index in [4.69, 9.17) is 4.74 Å². The Hall–Kier alpha value is -1.55. The number of methoxy groups -OCH3 is 1. The Morgan fingerprint density at radius 3 is 2.57 bits per heavy atom. The molecule has 0 unspecified atom stereocenters. The van der Waals surface area contributed by atoms with E-state index in [1.54, 1.807) is 7.11 Å². The third-order valence-corrected chi connectivity index (χ3v) is 4.23. The van der Waals surface area contributed by atoms with Crippen molar-refractivity contribution in [2.75, 3.05) is 26.7 Å². The average molecular weight is 333 g/mol. The molecule has 1 heterocycles. The third kappa shape index (κ3) is 4.47. The van der Waals surface area contributed by atoms with Crippen molar-refractivity contribution in [3.63, 3.8) is 0 Å². The summed E-state index contributed by atoms with van der Waals surface area (Å²) in [6.45, 7) is 6.60. The number of para-hydroxylation sites is 1. The van der Waals surface area contributed by atoms with Crippen molar-refractivity contribution in [2.24, 2.45) is 0 Å². The molecule has 0 aliphatic carbocycles. The predicted octanol–water partition coefficient (Wildman–Crippen LogP) is 3.58. The molecule has 3 rings (SSSR count). The number of nitrogens with one attached hydrogen (secondary N) is 1. The number of piperazine rings is 1. The zero-order valence-corrected chi connectivity index (χ0v) is 14.6. The summed E-state index contributed by atoms with van der Waals surface area (Å²) >= 11 is 0. The van der Waals surface area contributed by atoms with Crippen LogP contribution < -0.4 is 10.1 Å². The molecule has 0 radical (unpaired) electrons. The molecule has 1 aliphatic heterocycles. The quantitative estimate of drug-likeness (QED) is 0.926. The van der Waals surface area contributed by atoms with Gasteiger partial charge in [-0.1, -0.05) is 42.5 Å². The van der Waals surface area contributed by atoms with E-state index in [0.29, 0.717) is 6.04 Å². The van der Waals surface area contributed by atoms with Crippen LogP contribution >= 0.6 is 12.4 Å². The molecule has 1 aliphatic rings. The molecule has 3 nitrogen and oxygen atoms in total. The summed E-state index contributed by atoms with van der Waals surface area (Å²) in [6, 6.07) is 17.6. The predicted molar refractivity (Wildman–Crippen MR) is 98.4 cm³/mol. The number of benzene rings is 2. The van der Waals surface area contributed by atoms with Gasteiger partial charge < -0.3 is 10.1 Å². The van der Waals surface area contributed by atoms with Crippen molar-refractivity contribution in [2.45, 2.75) is 19.5 Å². The molecule has 1 atom stereocenters. The Bertz CT molecular complexity index is 615. The van der Waals surface area contributed by atoms with Crippen LogP contribution in [-0.4, -0.2) is 37.7 Å². The van der Waals surface area contributed by atoms with Crippen LogP contribution in [-0.2, 0) is 6.54 Å². The van der Waals surface area contributed by atoms with Crippen molar-refractivity contribution < 1.29 is 4.74 Å². The van der Waals surface area contributed by atoms with E-state index >= 15 is 0 Å². The zero-order chi connectivity index (χ0) is 15.4. The van der Waals surface area contributed by atoms with Gasteiger partial charge in [-0.15, -0.1) is 12.4 Å². The van der Waals surface area contributed by atoms with Crippen LogP contribution in [0.4, 0.5) is 0 Å². The van der Waals surface area contributed by atoms with Gasteiger partial charge in [-0.05, 0) is 24.1 Å². The molecule has 0 spiro atoms. The number of nitrogens with zero attached hydrogens (tertiary/aromatic N) is 1. The first-order chi connectivity index (χ1) is 10.8. The van der Waals surface area contributed by atoms with E-state index in [1.807, 2.05) is 18.2 Å². The van der Waals surface area contributed by atoms with Gasteiger partial charge >= 0.3 is 0 Å². The Balaban J connectivity index is 0.00000192. The molecule has 0 amide bonds. The number of hydrogen-bond acceptors (Lipinski definition) is 3.